The summed E-state index contributed by atoms with van der Waals surface area (Å²) in [6.07, 6.45) is 8.35. The molecule has 1 N–H and O–H groups in total. The SMILES string of the molecule is O=c1[nH]c(/C=C/c2cc(Br)cs2)nc2sc3c(c12)CCCC3. The van der Waals surface area contributed by atoms with Crippen LogP contribution in [0.25, 0.3) is 22.4 Å². The minimum atomic E-state index is -0.00332. The molecule has 22 heavy (non-hydrogen) atoms. The van der Waals surface area contributed by atoms with Gasteiger partial charge in [-0.05, 0) is 65.4 Å². The highest BCUT2D eigenvalue weighted by molar-refractivity contribution is 9.10. The number of hydrogen-bond donors (Lipinski definition) is 1. The molecule has 0 amide bonds. The summed E-state index contributed by atoms with van der Waals surface area (Å²) >= 11 is 6.77. The second-order valence-electron chi connectivity index (χ2n) is 5.34. The molecule has 3 heterocycles. The van der Waals surface area contributed by atoms with Crippen LogP contribution in [0.4, 0.5) is 0 Å². The molecular weight excluding hydrogens is 380 g/mol. The molecule has 3 nitrogen and oxygen atoms in total. The van der Waals surface area contributed by atoms with E-state index in [0.717, 1.165) is 32.4 Å². The van der Waals surface area contributed by atoms with Crippen LogP contribution in [0, 0.1) is 0 Å². The maximum absolute atomic E-state index is 12.4. The number of aryl methyl sites for hydroxylation is 2. The van der Waals surface area contributed by atoms with Gasteiger partial charge in [0, 0.05) is 19.6 Å². The first kappa shape index (κ1) is 14.4. The van der Waals surface area contributed by atoms with E-state index >= 15 is 0 Å². The lowest BCUT2D eigenvalue weighted by molar-refractivity contribution is 0.700. The lowest BCUT2D eigenvalue weighted by Crippen LogP contribution is -2.11. The minimum Gasteiger partial charge on any atom is -0.306 e. The largest absolute Gasteiger partial charge is 0.306 e. The molecule has 3 aromatic rings. The molecule has 0 saturated heterocycles. The Labute approximate surface area is 143 Å². The number of rotatable bonds is 2. The average molecular weight is 393 g/mol. The third-order valence-corrected chi connectivity index (χ3v) is 6.68. The van der Waals surface area contributed by atoms with Crippen LogP contribution in [0.3, 0.4) is 0 Å². The van der Waals surface area contributed by atoms with Gasteiger partial charge in [-0.25, -0.2) is 4.98 Å². The zero-order valence-corrected chi connectivity index (χ0v) is 14.9. The Kier molecular flexibility index (Phi) is 3.76. The molecule has 1 aliphatic carbocycles. The third-order valence-electron chi connectivity index (χ3n) is 3.84. The van der Waals surface area contributed by atoms with Gasteiger partial charge in [0.1, 0.15) is 10.7 Å². The second-order valence-corrected chi connectivity index (χ2v) is 8.28. The summed E-state index contributed by atoms with van der Waals surface area (Å²) in [5, 5.41) is 2.85. The van der Waals surface area contributed by atoms with Crippen molar-refractivity contribution in [2.75, 3.05) is 0 Å². The number of thiophene rings is 2. The Hall–Kier alpha value is -1.24. The van der Waals surface area contributed by atoms with Gasteiger partial charge in [0.05, 0.1) is 5.39 Å². The van der Waals surface area contributed by atoms with Gasteiger partial charge in [-0.1, -0.05) is 0 Å². The molecule has 0 fully saturated rings. The number of fused-ring (bicyclic) bond motifs is 3. The molecule has 0 aromatic carbocycles. The fraction of sp³-hybridized carbons (Fsp3) is 0.250. The first-order valence-corrected chi connectivity index (χ1v) is 9.66. The van der Waals surface area contributed by atoms with E-state index in [0.29, 0.717) is 5.82 Å². The van der Waals surface area contributed by atoms with Crippen molar-refractivity contribution in [3.8, 4) is 0 Å². The van der Waals surface area contributed by atoms with E-state index in [1.807, 2.05) is 23.6 Å². The van der Waals surface area contributed by atoms with Crippen LogP contribution in [0.5, 0.6) is 0 Å². The van der Waals surface area contributed by atoms with Crippen molar-refractivity contribution < 1.29 is 0 Å². The lowest BCUT2D eigenvalue weighted by Gasteiger charge is -2.09. The number of nitrogens with zero attached hydrogens (tertiary/aromatic N) is 1. The first-order chi connectivity index (χ1) is 10.7. The highest BCUT2D eigenvalue weighted by Crippen LogP contribution is 2.33. The smallest absolute Gasteiger partial charge is 0.260 e. The monoisotopic (exact) mass is 392 g/mol. The van der Waals surface area contributed by atoms with Crippen molar-refractivity contribution in [3.63, 3.8) is 0 Å². The minimum absolute atomic E-state index is 0.00332. The molecule has 112 valence electrons. The van der Waals surface area contributed by atoms with E-state index < -0.39 is 0 Å². The van der Waals surface area contributed by atoms with Crippen molar-refractivity contribution in [2.45, 2.75) is 25.7 Å². The fourth-order valence-electron chi connectivity index (χ4n) is 2.84. The van der Waals surface area contributed by atoms with Crippen LogP contribution in [-0.2, 0) is 12.8 Å². The van der Waals surface area contributed by atoms with E-state index in [4.69, 9.17) is 0 Å². The van der Waals surface area contributed by atoms with Crippen LogP contribution in [0.15, 0.2) is 20.7 Å². The van der Waals surface area contributed by atoms with Gasteiger partial charge >= 0.3 is 0 Å². The van der Waals surface area contributed by atoms with E-state index in [1.54, 1.807) is 22.7 Å². The number of halogens is 1. The Morgan fingerprint density at radius 1 is 1.27 bits per heavy atom. The Balaban J connectivity index is 1.77. The van der Waals surface area contributed by atoms with Gasteiger partial charge in [0.2, 0.25) is 0 Å². The molecule has 3 aromatic heterocycles. The highest BCUT2D eigenvalue weighted by Gasteiger charge is 2.19. The zero-order chi connectivity index (χ0) is 15.1. The second kappa shape index (κ2) is 5.76. The van der Waals surface area contributed by atoms with Crippen molar-refractivity contribution in [1.82, 2.24) is 9.97 Å². The summed E-state index contributed by atoms with van der Waals surface area (Å²) in [5.74, 6) is 0.626. The Morgan fingerprint density at radius 3 is 2.95 bits per heavy atom. The predicted molar refractivity (Wildman–Crippen MR) is 97.8 cm³/mol. The number of aromatic amines is 1. The molecule has 0 unspecified atom stereocenters. The molecular formula is C16H13BrN2OS2. The van der Waals surface area contributed by atoms with Gasteiger partial charge in [-0.15, -0.1) is 22.7 Å². The molecule has 0 bridgehead atoms. The molecule has 0 aliphatic heterocycles. The van der Waals surface area contributed by atoms with E-state index in [1.165, 1.54) is 23.3 Å². The van der Waals surface area contributed by atoms with Gasteiger partial charge in [0.15, 0.2) is 0 Å². The third kappa shape index (κ3) is 2.59. The number of H-pyrrole nitrogens is 1. The molecule has 1 aliphatic rings. The average Bonchev–Trinajstić information content (AvgIpc) is 3.08. The van der Waals surface area contributed by atoms with E-state index in [9.17, 15) is 4.79 Å². The molecule has 0 spiro atoms. The quantitative estimate of drug-likeness (QED) is 0.676. The molecule has 6 heteroatoms. The number of hydrogen-bond acceptors (Lipinski definition) is 4. The molecule has 4 rings (SSSR count). The fourth-order valence-corrected chi connectivity index (χ4v) is 5.44. The number of aromatic nitrogens is 2. The summed E-state index contributed by atoms with van der Waals surface area (Å²) in [5.41, 5.74) is 1.23. The Morgan fingerprint density at radius 2 is 2.14 bits per heavy atom. The molecule has 0 saturated carbocycles. The van der Waals surface area contributed by atoms with Crippen molar-refractivity contribution in [2.24, 2.45) is 0 Å². The van der Waals surface area contributed by atoms with Crippen LogP contribution >= 0.6 is 38.6 Å². The van der Waals surface area contributed by atoms with Crippen molar-refractivity contribution >= 4 is 61.0 Å². The van der Waals surface area contributed by atoms with E-state index in [-0.39, 0.29) is 5.56 Å². The predicted octanol–water partition coefficient (Wildman–Crippen LogP) is 4.86. The standard InChI is InChI=1S/C16H13BrN2OS2/c17-9-7-10(21-8-9)5-6-13-18-15(20)14-11-3-1-2-4-12(11)22-16(14)19-13/h5-8H,1-4H2,(H,18,19,20)/b6-5+. The van der Waals surface area contributed by atoms with Gasteiger partial charge < -0.3 is 4.98 Å². The van der Waals surface area contributed by atoms with Crippen LogP contribution < -0.4 is 5.56 Å². The van der Waals surface area contributed by atoms with Crippen LogP contribution in [-0.4, -0.2) is 9.97 Å². The molecule has 0 atom stereocenters. The summed E-state index contributed by atoms with van der Waals surface area (Å²) < 4.78 is 1.07. The van der Waals surface area contributed by atoms with Gasteiger partial charge in [-0.3, -0.25) is 4.79 Å². The van der Waals surface area contributed by atoms with Gasteiger partial charge in [0.25, 0.3) is 5.56 Å². The highest BCUT2D eigenvalue weighted by atomic mass is 79.9. The van der Waals surface area contributed by atoms with Gasteiger partial charge in [-0.2, -0.15) is 0 Å². The summed E-state index contributed by atoms with van der Waals surface area (Å²) in [6, 6.07) is 2.04. The zero-order valence-electron chi connectivity index (χ0n) is 11.7. The van der Waals surface area contributed by atoms with Crippen LogP contribution in [0.1, 0.15) is 34.0 Å². The Bertz CT molecular complexity index is 935. The number of nitrogens with one attached hydrogen (secondary N) is 1. The lowest BCUT2D eigenvalue weighted by atomic mass is 9.97. The maximum Gasteiger partial charge on any atom is 0.260 e. The van der Waals surface area contributed by atoms with Crippen molar-refractivity contribution in [3.05, 3.63) is 47.4 Å². The summed E-state index contributed by atoms with van der Waals surface area (Å²) in [4.78, 5) is 23.3. The normalized spacial score (nSPS) is 14.8. The summed E-state index contributed by atoms with van der Waals surface area (Å²) in [7, 11) is 0. The summed E-state index contributed by atoms with van der Waals surface area (Å²) in [6.45, 7) is 0. The van der Waals surface area contributed by atoms with Crippen molar-refractivity contribution in [1.29, 1.82) is 0 Å². The first-order valence-electron chi connectivity index (χ1n) is 7.17. The van der Waals surface area contributed by atoms with Crippen LogP contribution in [0.2, 0.25) is 0 Å². The topological polar surface area (TPSA) is 45.8 Å². The van der Waals surface area contributed by atoms with E-state index in [2.05, 4.69) is 25.9 Å². The molecule has 0 radical (unpaired) electrons. The maximum atomic E-state index is 12.4.